The van der Waals surface area contributed by atoms with Crippen LogP contribution in [0.5, 0.6) is 0 Å². The zero-order valence-corrected chi connectivity index (χ0v) is 14.1. The number of fused-ring (bicyclic) bond motifs is 1. The molecule has 0 fully saturated rings. The topological polar surface area (TPSA) is 64.2 Å². The number of aryl methyl sites for hydroxylation is 1. The maximum Gasteiger partial charge on any atom is 0.244 e. The lowest BCUT2D eigenvalue weighted by Gasteiger charge is -2.26. The van der Waals surface area contributed by atoms with Crippen molar-refractivity contribution in [2.45, 2.75) is 26.4 Å². The average Bonchev–Trinajstić information content (AvgIpc) is 3.23. The van der Waals surface area contributed by atoms with Crippen molar-refractivity contribution in [3.8, 4) is 11.3 Å². The van der Waals surface area contributed by atoms with Crippen LogP contribution in [0.3, 0.4) is 0 Å². The van der Waals surface area contributed by atoms with Crippen LogP contribution in [0.25, 0.3) is 11.3 Å². The number of aromatic nitrogens is 3. The van der Waals surface area contributed by atoms with E-state index in [1.165, 1.54) is 6.07 Å². The Morgan fingerprint density at radius 3 is 2.85 bits per heavy atom. The summed E-state index contributed by atoms with van der Waals surface area (Å²) in [6.07, 6.45) is 2.28. The summed E-state index contributed by atoms with van der Waals surface area (Å²) in [7, 11) is 0. The minimum absolute atomic E-state index is 0.0730. The molecule has 6 nitrogen and oxygen atoms in total. The molecule has 3 heterocycles. The van der Waals surface area contributed by atoms with E-state index < -0.39 is 11.6 Å². The van der Waals surface area contributed by atoms with Gasteiger partial charge in [-0.15, -0.1) is 0 Å². The van der Waals surface area contributed by atoms with Crippen LogP contribution in [0.1, 0.15) is 17.0 Å². The highest BCUT2D eigenvalue weighted by Crippen LogP contribution is 2.30. The van der Waals surface area contributed by atoms with Gasteiger partial charge in [0.25, 0.3) is 0 Å². The van der Waals surface area contributed by atoms with E-state index in [4.69, 9.17) is 4.52 Å². The molecule has 1 aromatic carbocycles. The lowest BCUT2D eigenvalue weighted by molar-refractivity contribution is -0.133. The SMILES string of the molecule is Cc1ccn(CC(=O)N2CCc3onc(-c4ccc(F)c(F)c4)c3C2)n1. The molecular formula is C18H16F2N4O2. The summed E-state index contributed by atoms with van der Waals surface area (Å²) < 4.78 is 33.7. The van der Waals surface area contributed by atoms with Crippen molar-refractivity contribution in [2.24, 2.45) is 0 Å². The zero-order chi connectivity index (χ0) is 18.3. The Labute approximate surface area is 148 Å². The van der Waals surface area contributed by atoms with E-state index in [1.807, 2.05) is 13.0 Å². The predicted molar refractivity (Wildman–Crippen MR) is 87.9 cm³/mol. The third-order valence-corrected chi connectivity index (χ3v) is 4.44. The smallest absolute Gasteiger partial charge is 0.244 e. The van der Waals surface area contributed by atoms with Crippen LogP contribution in [0.4, 0.5) is 8.78 Å². The van der Waals surface area contributed by atoms with Crippen molar-refractivity contribution >= 4 is 5.91 Å². The van der Waals surface area contributed by atoms with Gasteiger partial charge in [-0.25, -0.2) is 8.78 Å². The third-order valence-electron chi connectivity index (χ3n) is 4.44. The summed E-state index contributed by atoms with van der Waals surface area (Å²) in [5.74, 6) is -1.27. The first-order valence-electron chi connectivity index (χ1n) is 8.22. The molecule has 1 amide bonds. The summed E-state index contributed by atoms with van der Waals surface area (Å²) in [6, 6.07) is 5.42. The van der Waals surface area contributed by atoms with Crippen LogP contribution in [0.2, 0.25) is 0 Å². The summed E-state index contributed by atoms with van der Waals surface area (Å²) in [5, 5.41) is 8.22. The molecule has 134 valence electrons. The molecule has 4 rings (SSSR count). The minimum atomic E-state index is -0.947. The average molecular weight is 358 g/mol. The summed E-state index contributed by atoms with van der Waals surface area (Å²) in [5.41, 5.74) is 2.43. The molecule has 0 bridgehead atoms. The number of nitrogens with zero attached hydrogens (tertiary/aromatic N) is 4. The lowest BCUT2D eigenvalue weighted by atomic mass is 10.0. The maximum atomic E-state index is 13.5. The van der Waals surface area contributed by atoms with E-state index >= 15 is 0 Å². The number of benzene rings is 1. The first-order valence-corrected chi connectivity index (χ1v) is 8.22. The number of carbonyl (C=O) groups is 1. The fourth-order valence-corrected chi connectivity index (χ4v) is 3.08. The van der Waals surface area contributed by atoms with Gasteiger partial charge in [0.1, 0.15) is 18.0 Å². The summed E-state index contributed by atoms with van der Waals surface area (Å²) >= 11 is 0. The molecule has 0 saturated heterocycles. The summed E-state index contributed by atoms with van der Waals surface area (Å²) in [4.78, 5) is 14.3. The van der Waals surface area contributed by atoms with Crippen LogP contribution >= 0.6 is 0 Å². The molecule has 1 aliphatic heterocycles. The fourth-order valence-electron chi connectivity index (χ4n) is 3.08. The molecule has 0 unspecified atom stereocenters. The van der Waals surface area contributed by atoms with E-state index in [9.17, 15) is 13.6 Å². The van der Waals surface area contributed by atoms with Gasteiger partial charge in [-0.3, -0.25) is 9.48 Å². The van der Waals surface area contributed by atoms with Crippen molar-refractivity contribution in [1.82, 2.24) is 19.8 Å². The van der Waals surface area contributed by atoms with Gasteiger partial charge in [-0.1, -0.05) is 5.16 Å². The Balaban J connectivity index is 1.57. The van der Waals surface area contributed by atoms with Gasteiger partial charge < -0.3 is 9.42 Å². The van der Waals surface area contributed by atoms with Crippen LogP contribution in [0, 0.1) is 18.6 Å². The zero-order valence-electron chi connectivity index (χ0n) is 14.1. The van der Waals surface area contributed by atoms with Crippen LogP contribution < -0.4 is 0 Å². The highest BCUT2D eigenvalue weighted by atomic mass is 19.2. The molecule has 3 aromatic rings. The van der Waals surface area contributed by atoms with Gasteiger partial charge in [-0.2, -0.15) is 5.10 Å². The van der Waals surface area contributed by atoms with Crippen molar-refractivity contribution in [3.63, 3.8) is 0 Å². The number of amides is 1. The molecule has 0 saturated carbocycles. The van der Waals surface area contributed by atoms with Crippen molar-refractivity contribution in [2.75, 3.05) is 6.54 Å². The Bertz CT molecular complexity index is 979. The van der Waals surface area contributed by atoms with Gasteiger partial charge in [0.05, 0.1) is 12.2 Å². The van der Waals surface area contributed by atoms with Gasteiger partial charge in [0.2, 0.25) is 5.91 Å². The summed E-state index contributed by atoms with van der Waals surface area (Å²) in [6.45, 7) is 2.83. The predicted octanol–water partition coefficient (Wildman–Crippen LogP) is 2.71. The van der Waals surface area contributed by atoms with Gasteiger partial charge in [0.15, 0.2) is 11.6 Å². The largest absolute Gasteiger partial charge is 0.360 e. The second-order valence-corrected chi connectivity index (χ2v) is 6.28. The van der Waals surface area contributed by atoms with Crippen molar-refractivity contribution < 1.29 is 18.1 Å². The van der Waals surface area contributed by atoms with Crippen molar-refractivity contribution in [3.05, 3.63) is 59.1 Å². The van der Waals surface area contributed by atoms with Crippen LogP contribution in [-0.2, 0) is 24.3 Å². The second-order valence-electron chi connectivity index (χ2n) is 6.28. The number of halogens is 2. The van der Waals surface area contributed by atoms with E-state index in [-0.39, 0.29) is 12.5 Å². The molecule has 0 N–H and O–H groups in total. The molecule has 8 heteroatoms. The normalized spacial score (nSPS) is 13.7. The van der Waals surface area contributed by atoms with E-state index in [1.54, 1.807) is 15.8 Å². The van der Waals surface area contributed by atoms with Gasteiger partial charge >= 0.3 is 0 Å². The van der Waals surface area contributed by atoms with Crippen molar-refractivity contribution in [1.29, 1.82) is 0 Å². The Morgan fingerprint density at radius 2 is 2.12 bits per heavy atom. The lowest BCUT2D eigenvalue weighted by Crippen LogP contribution is -2.37. The van der Waals surface area contributed by atoms with E-state index in [0.717, 1.165) is 23.4 Å². The number of hydrogen-bond donors (Lipinski definition) is 0. The first kappa shape index (κ1) is 16.4. The highest BCUT2D eigenvalue weighted by Gasteiger charge is 2.28. The third kappa shape index (κ3) is 2.98. The quantitative estimate of drug-likeness (QED) is 0.722. The molecule has 0 atom stereocenters. The number of rotatable bonds is 3. The molecule has 0 aliphatic carbocycles. The highest BCUT2D eigenvalue weighted by molar-refractivity contribution is 5.77. The standard InChI is InChI=1S/C18H16F2N4O2/c1-11-4-7-24(21-11)10-17(25)23-6-5-16-13(9-23)18(22-26-16)12-2-3-14(19)15(20)8-12/h2-4,7-8H,5-6,9-10H2,1H3. The minimum Gasteiger partial charge on any atom is -0.360 e. The Morgan fingerprint density at radius 1 is 1.27 bits per heavy atom. The molecular weight excluding hydrogens is 342 g/mol. The maximum absolute atomic E-state index is 13.5. The fraction of sp³-hybridized carbons (Fsp3) is 0.278. The van der Waals surface area contributed by atoms with E-state index in [2.05, 4.69) is 10.3 Å². The monoisotopic (exact) mass is 358 g/mol. The van der Waals surface area contributed by atoms with Gasteiger partial charge in [-0.05, 0) is 31.2 Å². The van der Waals surface area contributed by atoms with Crippen LogP contribution in [-0.4, -0.2) is 32.3 Å². The first-order chi connectivity index (χ1) is 12.5. The molecule has 26 heavy (non-hydrogen) atoms. The molecule has 1 aliphatic rings. The molecule has 0 spiro atoms. The van der Waals surface area contributed by atoms with Crippen LogP contribution in [0.15, 0.2) is 35.0 Å². The second kappa shape index (κ2) is 6.36. The molecule has 0 radical (unpaired) electrons. The molecule has 2 aromatic heterocycles. The Kier molecular flexibility index (Phi) is 4.02. The number of hydrogen-bond acceptors (Lipinski definition) is 4. The van der Waals surface area contributed by atoms with E-state index in [0.29, 0.717) is 36.5 Å². The Hall–Kier alpha value is -3.03. The number of carbonyl (C=O) groups excluding carboxylic acids is 1. The van der Waals surface area contributed by atoms with Gasteiger partial charge in [0, 0.05) is 30.3 Å².